The maximum absolute atomic E-state index is 12.2. The minimum atomic E-state index is -0.842. The molecule has 5 nitrogen and oxygen atoms in total. The summed E-state index contributed by atoms with van der Waals surface area (Å²) in [7, 11) is 1.73. The summed E-state index contributed by atoms with van der Waals surface area (Å²) in [4.78, 5) is 24.0. The van der Waals surface area contributed by atoms with Crippen molar-refractivity contribution >= 4 is 52.7 Å². The van der Waals surface area contributed by atoms with E-state index in [9.17, 15) is 9.59 Å². The summed E-state index contributed by atoms with van der Waals surface area (Å²) in [6.07, 6.45) is 0. The zero-order valence-electron chi connectivity index (χ0n) is 11.4. The van der Waals surface area contributed by atoms with Gasteiger partial charge in [0.1, 0.15) is 5.25 Å². The van der Waals surface area contributed by atoms with Crippen LogP contribution in [0.15, 0.2) is 34.7 Å². The van der Waals surface area contributed by atoms with Crippen molar-refractivity contribution in [3.63, 3.8) is 0 Å². The molecule has 1 aromatic heterocycles. The van der Waals surface area contributed by atoms with Crippen LogP contribution in [-0.2, 0) is 16.6 Å². The quantitative estimate of drug-likeness (QED) is 0.515. The molecular formula is C13H13N3O2S3. The molecule has 0 saturated heterocycles. The number of benzene rings is 1. The van der Waals surface area contributed by atoms with E-state index in [0.29, 0.717) is 14.0 Å². The smallest absolute Gasteiger partial charge is 0.245 e. The maximum atomic E-state index is 12.2. The Morgan fingerprint density at radius 1 is 1.38 bits per heavy atom. The van der Waals surface area contributed by atoms with Gasteiger partial charge in [0.25, 0.3) is 0 Å². The molecule has 0 aliphatic heterocycles. The number of carbonyl (C=O) groups excluding carboxylic acids is 2. The van der Waals surface area contributed by atoms with Gasteiger partial charge < -0.3 is 5.32 Å². The fraction of sp³-hybridized carbons (Fsp3) is 0.231. The number of Topliss-reactive ketones (excluding diaryl/α,β-unsaturated/α-hetero) is 1. The van der Waals surface area contributed by atoms with Crippen LogP contribution in [0.4, 0.5) is 5.69 Å². The minimum Gasteiger partial charge on any atom is -0.325 e. The van der Waals surface area contributed by atoms with Gasteiger partial charge in [-0.3, -0.25) is 9.59 Å². The molecular weight excluding hydrogens is 326 g/mol. The number of nitrogens with zero attached hydrogens (tertiary/aromatic N) is 2. The molecule has 0 radical (unpaired) electrons. The number of amides is 1. The van der Waals surface area contributed by atoms with Gasteiger partial charge in [0.05, 0.1) is 0 Å². The molecule has 1 heterocycles. The van der Waals surface area contributed by atoms with Crippen molar-refractivity contribution in [1.82, 2.24) is 9.78 Å². The standard InChI is InChI=1S/C13H13N3O2S3/c1-8(17)10(20-12-15-16(2)13(19)21-12)11(18)14-9-6-4-3-5-7-9/h3-7,10H,1-2H3,(H,14,18)/t10-/m0/s1. The number of hydrogen-bond acceptors (Lipinski definition) is 6. The molecule has 110 valence electrons. The molecule has 2 aromatic rings. The first-order valence-corrected chi connectivity index (χ1v) is 8.15. The highest BCUT2D eigenvalue weighted by Gasteiger charge is 2.26. The van der Waals surface area contributed by atoms with Gasteiger partial charge in [0, 0.05) is 12.7 Å². The third-order valence-electron chi connectivity index (χ3n) is 2.54. The third kappa shape index (κ3) is 4.23. The van der Waals surface area contributed by atoms with E-state index < -0.39 is 5.25 Å². The Labute approximate surface area is 135 Å². The van der Waals surface area contributed by atoms with Gasteiger partial charge in [0.2, 0.25) is 5.91 Å². The number of carbonyl (C=O) groups is 2. The maximum Gasteiger partial charge on any atom is 0.245 e. The number of hydrogen-bond donors (Lipinski definition) is 1. The highest BCUT2D eigenvalue weighted by Crippen LogP contribution is 2.27. The number of aryl methyl sites for hydroxylation is 1. The number of nitrogens with one attached hydrogen (secondary N) is 1. The molecule has 21 heavy (non-hydrogen) atoms. The Morgan fingerprint density at radius 2 is 2.05 bits per heavy atom. The summed E-state index contributed by atoms with van der Waals surface area (Å²) in [6, 6.07) is 9.02. The van der Waals surface area contributed by atoms with Gasteiger partial charge in [-0.05, 0) is 31.3 Å². The van der Waals surface area contributed by atoms with Gasteiger partial charge >= 0.3 is 0 Å². The molecule has 0 spiro atoms. The Balaban J connectivity index is 2.13. The van der Waals surface area contributed by atoms with Crippen LogP contribution in [0.1, 0.15) is 6.92 Å². The van der Waals surface area contributed by atoms with Gasteiger partial charge in [-0.25, -0.2) is 4.68 Å². The highest BCUT2D eigenvalue weighted by atomic mass is 32.2. The van der Waals surface area contributed by atoms with Crippen molar-refractivity contribution in [2.24, 2.45) is 7.05 Å². The number of anilines is 1. The summed E-state index contributed by atoms with van der Waals surface area (Å²) in [5.74, 6) is -0.584. The molecule has 0 fully saturated rings. The number of rotatable bonds is 5. The summed E-state index contributed by atoms with van der Waals surface area (Å²) >= 11 is 7.48. The second-order valence-electron chi connectivity index (χ2n) is 4.22. The fourth-order valence-electron chi connectivity index (χ4n) is 1.52. The number of para-hydroxylation sites is 1. The van der Waals surface area contributed by atoms with Gasteiger partial charge in [-0.15, -0.1) is 0 Å². The first-order chi connectivity index (χ1) is 9.97. The fourth-order valence-corrected chi connectivity index (χ4v) is 3.87. The summed E-state index contributed by atoms with van der Waals surface area (Å²) < 4.78 is 2.75. The lowest BCUT2D eigenvalue weighted by atomic mass is 10.2. The molecule has 1 amide bonds. The summed E-state index contributed by atoms with van der Waals surface area (Å²) in [5.41, 5.74) is 0.656. The average Bonchev–Trinajstić information content (AvgIpc) is 2.75. The molecule has 1 atom stereocenters. The van der Waals surface area contributed by atoms with Crippen molar-refractivity contribution in [1.29, 1.82) is 0 Å². The van der Waals surface area contributed by atoms with Crippen LogP contribution in [0.2, 0.25) is 0 Å². The molecule has 0 saturated carbocycles. The Bertz CT molecular complexity index is 709. The number of ketones is 1. The van der Waals surface area contributed by atoms with Crippen LogP contribution in [0.25, 0.3) is 0 Å². The Kier molecular flexibility index (Phi) is 5.27. The third-order valence-corrected chi connectivity index (χ3v) is 5.35. The van der Waals surface area contributed by atoms with Crippen LogP contribution in [0.5, 0.6) is 0 Å². The van der Waals surface area contributed by atoms with E-state index >= 15 is 0 Å². The molecule has 0 unspecified atom stereocenters. The predicted molar refractivity (Wildman–Crippen MR) is 87.3 cm³/mol. The van der Waals surface area contributed by atoms with Gasteiger partial charge in [0.15, 0.2) is 14.1 Å². The number of aromatic nitrogens is 2. The lowest BCUT2D eigenvalue weighted by molar-refractivity contribution is -0.123. The van der Waals surface area contributed by atoms with Crippen LogP contribution in [0.3, 0.4) is 0 Å². The van der Waals surface area contributed by atoms with E-state index in [0.717, 1.165) is 11.8 Å². The van der Waals surface area contributed by atoms with E-state index in [1.807, 2.05) is 18.2 Å². The lowest BCUT2D eigenvalue weighted by Crippen LogP contribution is -2.30. The molecule has 0 bridgehead atoms. The van der Waals surface area contributed by atoms with Crippen molar-refractivity contribution < 1.29 is 9.59 Å². The lowest BCUT2D eigenvalue weighted by Gasteiger charge is -2.12. The van der Waals surface area contributed by atoms with Crippen molar-refractivity contribution in [2.75, 3.05) is 5.32 Å². The van der Waals surface area contributed by atoms with E-state index in [2.05, 4.69) is 10.4 Å². The van der Waals surface area contributed by atoms with Crippen LogP contribution in [-0.4, -0.2) is 26.7 Å². The van der Waals surface area contributed by atoms with E-state index in [-0.39, 0.29) is 11.7 Å². The number of thioether (sulfide) groups is 1. The second kappa shape index (κ2) is 6.97. The van der Waals surface area contributed by atoms with Crippen molar-refractivity contribution in [3.8, 4) is 0 Å². The van der Waals surface area contributed by atoms with Crippen molar-refractivity contribution in [3.05, 3.63) is 34.3 Å². The molecule has 0 aliphatic carbocycles. The van der Waals surface area contributed by atoms with Crippen LogP contribution >= 0.6 is 35.3 Å². The van der Waals surface area contributed by atoms with Crippen LogP contribution in [0, 0.1) is 3.95 Å². The van der Waals surface area contributed by atoms with Crippen LogP contribution < -0.4 is 5.32 Å². The normalized spacial score (nSPS) is 11.9. The minimum absolute atomic E-state index is 0.225. The first kappa shape index (κ1) is 15.9. The zero-order chi connectivity index (χ0) is 15.4. The molecule has 0 aliphatic rings. The van der Waals surface area contributed by atoms with Gasteiger partial charge in [-0.2, -0.15) is 5.10 Å². The zero-order valence-corrected chi connectivity index (χ0v) is 13.8. The summed E-state index contributed by atoms with van der Waals surface area (Å²) in [5, 5.41) is 6.07. The second-order valence-corrected chi connectivity index (χ2v) is 7.20. The highest BCUT2D eigenvalue weighted by molar-refractivity contribution is 8.03. The van der Waals surface area contributed by atoms with Crippen molar-refractivity contribution in [2.45, 2.75) is 16.5 Å². The largest absolute Gasteiger partial charge is 0.325 e. The monoisotopic (exact) mass is 339 g/mol. The Hall–Kier alpha value is -1.51. The molecule has 8 heteroatoms. The molecule has 1 N–H and O–H groups in total. The summed E-state index contributed by atoms with van der Waals surface area (Å²) in [6.45, 7) is 1.39. The molecule has 2 rings (SSSR count). The van der Waals surface area contributed by atoms with E-state index in [1.165, 1.54) is 18.3 Å². The van der Waals surface area contributed by atoms with E-state index in [1.54, 1.807) is 23.9 Å². The first-order valence-electron chi connectivity index (χ1n) is 6.04. The van der Waals surface area contributed by atoms with Gasteiger partial charge in [-0.1, -0.05) is 41.3 Å². The Morgan fingerprint density at radius 3 is 2.57 bits per heavy atom. The topological polar surface area (TPSA) is 64.0 Å². The SMILES string of the molecule is CC(=O)[C@H](Sc1nn(C)c(=S)s1)C(=O)Nc1ccccc1. The average molecular weight is 339 g/mol. The predicted octanol–water partition coefficient (Wildman–Crippen LogP) is 2.90. The van der Waals surface area contributed by atoms with E-state index in [4.69, 9.17) is 12.2 Å². The molecule has 1 aromatic carbocycles.